The van der Waals surface area contributed by atoms with E-state index in [4.69, 9.17) is 0 Å². The molecule has 0 bridgehead atoms. The zero-order chi connectivity index (χ0) is 16.7. The van der Waals surface area contributed by atoms with Crippen LogP contribution in [0.25, 0.3) is 22.4 Å². The molecule has 0 saturated carbocycles. The van der Waals surface area contributed by atoms with Crippen molar-refractivity contribution in [3.63, 3.8) is 0 Å². The van der Waals surface area contributed by atoms with Crippen molar-refractivity contribution in [2.75, 3.05) is 0 Å². The van der Waals surface area contributed by atoms with Gasteiger partial charge in [-0.25, -0.2) is 5.10 Å². The Bertz CT molecular complexity index is 1020. The fourth-order valence-corrected chi connectivity index (χ4v) is 2.87. The van der Waals surface area contributed by atoms with E-state index in [2.05, 4.69) is 62.8 Å². The Labute approximate surface area is 138 Å². The number of nitrogens with zero attached hydrogens (tertiary/aromatic N) is 6. The molecule has 120 valence electrons. The number of fused-ring (bicyclic) bond motifs is 1. The number of benzene rings is 1. The van der Waals surface area contributed by atoms with Crippen LogP contribution in [-0.4, -0.2) is 35.4 Å². The molecule has 4 aromatic rings. The van der Waals surface area contributed by atoms with E-state index in [9.17, 15) is 0 Å². The van der Waals surface area contributed by atoms with Gasteiger partial charge in [0.15, 0.2) is 5.82 Å². The molecule has 3 heterocycles. The van der Waals surface area contributed by atoms with Crippen LogP contribution in [0.5, 0.6) is 0 Å². The van der Waals surface area contributed by atoms with Gasteiger partial charge in [-0.05, 0) is 48.4 Å². The van der Waals surface area contributed by atoms with Crippen molar-refractivity contribution >= 4 is 11.0 Å². The lowest BCUT2D eigenvalue weighted by molar-refractivity contribution is 0.700. The van der Waals surface area contributed by atoms with Crippen LogP contribution < -0.4 is 0 Å². The van der Waals surface area contributed by atoms with Crippen molar-refractivity contribution in [2.45, 2.75) is 27.3 Å². The Morgan fingerprint density at radius 3 is 2.79 bits per heavy atom. The van der Waals surface area contributed by atoms with E-state index in [0.717, 1.165) is 22.3 Å². The highest BCUT2D eigenvalue weighted by Crippen LogP contribution is 2.23. The van der Waals surface area contributed by atoms with Crippen molar-refractivity contribution < 1.29 is 0 Å². The SMILES string of the molecule is Cc1ccc(C)c(Cn2nc(C)c3ncc(-c4nnn[nH]4)cc32)c1. The van der Waals surface area contributed by atoms with Crippen LogP contribution in [0.2, 0.25) is 0 Å². The number of aryl methyl sites for hydroxylation is 3. The Morgan fingerprint density at radius 1 is 1.12 bits per heavy atom. The number of tetrazole rings is 1. The van der Waals surface area contributed by atoms with Crippen LogP contribution in [-0.2, 0) is 6.54 Å². The van der Waals surface area contributed by atoms with Crippen LogP contribution >= 0.6 is 0 Å². The van der Waals surface area contributed by atoms with Crippen LogP contribution in [0.1, 0.15) is 22.4 Å². The lowest BCUT2D eigenvalue weighted by Crippen LogP contribution is -2.04. The fourth-order valence-electron chi connectivity index (χ4n) is 2.87. The number of rotatable bonds is 3. The Hall–Kier alpha value is -3.09. The Kier molecular flexibility index (Phi) is 3.34. The number of nitrogens with one attached hydrogen (secondary N) is 1. The maximum atomic E-state index is 4.67. The number of pyridine rings is 1. The van der Waals surface area contributed by atoms with Crippen LogP contribution in [0.3, 0.4) is 0 Å². The molecule has 3 aromatic heterocycles. The van der Waals surface area contributed by atoms with Gasteiger partial charge in [-0.1, -0.05) is 23.8 Å². The molecule has 0 radical (unpaired) electrons. The molecule has 0 aliphatic heterocycles. The van der Waals surface area contributed by atoms with Gasteiger partial charge in [-0.15, -0.1) is 5.10 Å². The number of hydrogen-bond donors (Lipinski definition) is 1. The second kappa shape index (κ2) is 5.52. The zero-order valence-electron chi connectivity index (χ0n) is 13.8. The number of aromatic amines is 1. The Balaban J connectivity index is 1.83. The van der Waals surface area contributed by atoms with E-state index >= 15 is 0 Å². The van der Waals surface area contributed by atoms with Gasteiger partial charge < -0.3 is 0 Å². The molecule has 0 aliphatic carbocycles. The maximum absolute atomic E-state index is 4.67. The first-order valence-corrected chi connectivity index (χ1v) is 7.75. The summed E-state index contributed by atoms with van der Waals surface area (Å²) in [4.78, 5) is 4.54. The molecule has 0 saturated heterocycles. The van der Waals surface area contributed by atoms with E-state index in [1.165, 1.54) is 16.7 Å². The van der Waals surface area contributed by atoms with E-state index in [1.54, 1.807) is 6.20 Å². The average molecular weight is 319 g/mol. The molecular formula is C17H17N7. The number of aromatic nitrogens is 7. The molecule has 24 heavy (non-hydrogen) atoms. The molecule has 0 aliphatic rings. The van der Waals surface area contributed by atoms with Gasteiger partial charge >= 0.3 is 0 Å². The number of hydrogen-bond acceptors (Lipinski definition) is 5. The molecule has 0 unspecified atom stereocenters. The number of H-pyrrole nitrogens is 1. The topological polar surface area (TPSA) is 85.2 Å². The smallest absolute Gasteiger partial charge is 0.181 e. The quantitative estimate of drug-likeness (QED) is 0.627. The van der Waals surface area contributed by atoms with Crippen molar-refractivity contribution in [1.82, 2.24) is 35.4 Å². The molecule has 7 nitrogen and oxygen atoms in total. The molecule has 1 N–H and O–H groups in total. The van der Waals surface area contributed by atoms with Gasteiger partial charge in [0, 0.05) is 11.8 Å². The summed E-state index contributed by atoms with van der Waals surface area (Å²) in [6.07, 6.45) is 1.77. The summed E-state index contributed by atoms with van der Waals surface area (Å²) in [6, 6.07) is 8.50. The van der Waals surface area contributed by atoms with Crippen molar-refractivity contribution in [3.8, 4) is 11.4 Å². The summed E-state index contributed by atoms with van der Waals surface area (Å²) in [5.74, 6) is 0.599. The van der Waals surface area contributed by atoms with Crippen LogP contribution in [0.4, 0.5) is 0 Å². The first-order chi connectivity index (χ1) is 11.6. The maximum Gasteiger partial charge on any atom is 0.181 e. The third kappa shape index (κ3) is 2.44. The van der Waals surface area contributed by atoms with E-state index < -0.39 is 0 Å². The van der Waals surface area contributed by atoms with E-state index in [0.29, 0.717) is 12.4 Å². The van der Waals surface area contributed by atoms with Crippen molar-refractivity contribution in [1.29, 1.82) is 0 Å². The average Bonchev–Trinajstić information content (AvgIpc) is 3.20. The lowest BCUT2D eigenvalue weighted by atomic mass is 10.1. The Morgan fingerprint density at radius 2 is 2.00 bits per heavy atom. The lowest BCUT2D eigenvalue weighted by Gasteiger charge is -2.08. The first-order valence-electron chi connectivity index (χ1n) is 7.75. The van der Waals surface area contributed by atoms with Gasteiger partial charge in [0.2, 0.25) is 0 Å². The molecule has 0 spiro atoms. The van der Waals surface area contributed by atoms with E-state index in [1.807, 2.05) is 17.7 Å². The summed E-state index contributed by atoms with van der Waals surface area (Å²) >= 11 is 0. The molecule has 4 rings (SSSR count). The van der Waals surface area contributed by atoms with Gasteiger partial charge in [0.1, 0.15) is 5.52 Å². The zero-order valence-corrected chi connectivity index (χ0v) is 13.8. The summed E-state index contributed by atoms with van der Waals surface area (Å²) in [6.45, 7) is 6.91. The highest BCUT2D eigenvalue weighted by Gasteiger charge is 2.13. The fraction of sp³-hybridized carbons (Fsp3) is 0.235. The van der Waals surface area contributed by atoms with Crippen LogP contribution in [0.15, 0.2) is 30.5 Å². The predicted octanol–water partition coefficient (Wildman–Crippen LogP) is 2.58. The van der Waals surface area contributed by atoms with Gasteiger partial charge in [0.05, 0.1) is 17.8 Å². The van der Waals surface area contributed by atoms with Gasteiger partial charge in [-0.2, -0.15) is 5.10 Å². The van der Waals surface area contributed by atoms with Gasteiger partial charge in [0.25, 0.3) is 0 Å². The molecule has 7 heteroatoms. The molecule has 0 fully saturated rings. The van der Waals surface area contributed by atoms with E-state index in [-0.39, 0.29) is 0 Å². The first kappa shape index (κ1) is 14.5. The van der Waals surface area contributed by atoms with Crippen LogP contribution in [0, 0.1) is 20.8 Å². The summed E-state index contributed by atoms with van der Waals surface area (Å²) in [7, 11) is 0. The van der Waals surface area contributed by atoms with Gasteiger partial charge in [-0.3, -0.25) is 9.67 Å². The monoisotopic (exact) mass is 319 g/mol. The van der Waals surface area contributed by atoms with Crippen molar-refractivity contribution in [2.24, 2.45) is 0 Å². The summed E-state index contributed by atoms with van der Waals surface area (Å²) < 4.78 is 1.99. The molecular weight excluding hydrogens is 302 g/mol. The van der Waals surface area contributed by atoms with Crippen molar-refractivity contribution in [3.05, 3.63) is 52.8 Å². The highest BCUT2D eigenvalue weighted by atomic mass is 15.5. The minimum absolute atomic E-state index is 0.599. The standard InChI is InChI=1S/C17H17N7/c1-10-4-5-11(2)14(6-10)9-24-15-7-13(17-19-22-23-20-17)8-18-16(15)12(3)21-24/h4-8H,9H2,1-3H3,(H,19,20,22,23). The molecule has 0 amide bonds. The second-order valence-electron chi connectivity index (χ2n) is 6.01. The highest BCUT2D eigenvalue weighted by molar-refractivity contribution is 5.81. The predicted molar refractivity (Wildman–Crippen MR) is 90.5 cm³/mol. The third-order valence-corrected chi connectivity index (χ3v) is 4.20. The largest absolute Gasteiger partial charge is 0.258 e. The minimum atomic E-state index is 0.599. The minimum Gasteiger partial charge on any atom is -0.258 e. The summed E-state index contributed by atoms with van der Waals surface area (Å²) in [5, 5.41) is 18.6. The molecule has 0 atom stereocenters. The third-order valence-electron chi connectivity index (χ3n) is 4.20. The molecule has 1 aromatic carbocycles. The summed E-state index contributed by atoms with van der Waals surface area (Å²) in [5.41, 5.74) is 7.39. The second-order valence-corrected chi connectivity index (χ2v) is 6.01. The normalized spacial score (nSPS) is 11.3.